The van der Waals surface area contributed by atoms with E-state index < -0.39 is 0 Å². The number of fused-ring (bicyclic) bond motifs is 1. The summed E-state index contributed by atoms with van der Waals surface area (Å²) in [5, 5.41) is 1.99. The van der Waals surface area contributed by atoms with Crippen molar-refractivity contribution in [3.63, 3.8) is 0 Å². The third kappa shape index (κ3) is 2.31. The van der Waals surface area contributed by atoms with Gasteiger partial charge in [-0.2, -0.15) is 0 Å². The minimum atomic E-state index is -0.140. The molecular formula is C15H17FO2. The summed E-state index contributed by atoms with van der Waals surface area (Å²) in [6.45, 7) is 4.15. The molecule has 0 amide bonds. The fourth-order valence-electron chi connectivity index (χ4n) is 2.26. The molecule has 0 saturated carbocycles. The van der Waals surface area contributed by atoms with Crippen LogP contribution in [-0.4, -0.2) is 13.9 Å². The van der Waals surface area contributed by atoms with Gasteiger partial charge in [0.15, 0.2) is 6.79 Å². The first-order valence-electron chi connectivity index (χ1n) is 6.00. The SMILES string of the molecule is CCc1c(F)ccc2cc(OCOC)cc(C)c12. The number of benzene rings is 2. The molecule has 0 aliphatic rings. The van der Waals surface area contributed by atoms with Gasteiger partial charge in [-0.15, -0.1) is 0 Å². The molecule has 96 valence electrons. The number of hydrogen-bond acceptors (Lipinski definition) is 2. The Kier molecular flexibility index (Phi) is 3.82. The molecule has 2 nitrogen and oxygen atoms in total. The van der Waals surface area contributed by atoms with Gasteiger partial charge in [0.05, 0.1) is 0 Å². The van der Waals surface area contributed by atoms with Crippen molar-refractivity contribution in [3.8, 4) is 5.75 Å². The van der Waals surface area contributed by atoms with Crippen LogP contribution in [0.5, 0.6) is 5.75 Å². The molecule has 0 unspecified atom stereocenters. The summed E-state index contributed by atoms with van der Waals surface area (Å²) in [6.07, 6.45) is 0.683. The highest BCUT2D eigenvalue weighted by molar-refractivity contribution is 5.90. The van der Waals surface area contributed by atoms with Crippen LogP contribution in [0.25, 0.3) is 10.8 Å². The van der Waals surface area contributed by atoms with E-state index in [2.05, 4.69) is 0 Å². The Morgan fingerprint density at radius 1 is 1.22 bits per heavy atom. The fraction of sp³-hybridized carbons (Fsp3) is 0.333. The van der Waals surface area contributed by atoms with Gasteiger partial charge in [0.25, 0.3) is 0 Å². The van der Waals surface area contributed by atoms with Crippen molar-refractivity contribution >= 4 is 10.8 Å². The monoisotopic (exact) mass is 248 g/mol. The van der Waals surface area contributed by atoms with E-state index in [1.54, 1.807) is 13.2 Å². The predicted molar refractivity (Wildman–Crippen MR) is 70.5 cm³/mol. The zero-order valence-electron chi connectivity index (χ0n) is 10.9. The first-order valence-corrected chi connectivity index (χ1v) is 6.00. The summed E-state index contributed by atoms with van der Waals surface area (Å²) in [5.41, 5.74) is 1.79. The Morgan fingerprint density at radius 3 is 2.67 bits per heavy atom. The zero-order valence-corrected chi connectivity index (χ0v) is 10.9. The third-order valence-electron chi connectivity index (χ3n) is 3.04. The van der Waals surface area contributed by atoms with Crippen molar-refractivity contribution in [1.82, 2.24) is 0 Å². The molecule has 0 radical (unpaired) electrons. The van der Waals surface area contributed by atoms with Crippen LogP contribution < -0.4 is 4.74 Å². The molecule has 0 saturated heterocycles. The molecule has 0 atom stereocenters. The van der Waals surface area contributed by atoms with Gasteiger partial charge in [-0.1, -0.05) is 13.0 Å². The van der Waals surface area contributed by atoms with E-state index in [1.165, 1.54) is 6.07 Å². The van der Waals surface area contributed by atoms with Crippen LogP contribution in [0.2, 0.25) is 0 Å². The molecule has 0 bridgehead atoms. The van der Waals surface area contributed by atoms with Crippen LogP contribution in [0, 0.1) is 12.7 Å². The number of aryl methyl sites for hydroxylation is 2. The summed E-state index contributed by atoms with van der Waals surface area (Å²) in [6, 6.07) is 7.14. The Bertz CT molecular complexity index is 564. The van der Waals surface area contributed by atoms with E-state index in [1.807, 2.05) is 26.0 Å². The first-order chi connectivity index (χ1) is 8.67. The van der Waals surface area contributed by atoms with Crippen molar-refractivity contribution in [1.29, 1.82) is 0 Å². The van der Waals surface area contributed by atoms with Crippen LogP contribution >= 0.6 is 0 Å². The number of ether oxygens (including phenoxy) is 2. The van der Waals surface area contributed by atoms with Crippen LogP contribution in [0.1, 0.15) is 18.1 Å². The Hall–Kier alpha value is -1.61. The van der Waals surface area contributed by atoms with Gasteiger partial charge >= 0.3 is 0 Å². The van der Waals surface area contributed by atoms with Gasteiger partial charge in [0.2, 0.25) is 0 Å². The molecule has 0 N–H and O–H groups in total. The van der Waals surface area contributed by atoms with E-state index in [-0.39, 0.29) is 12.6 Å². The second-order valence-electron chi connectivity index (χ2n) is 4.27. The lowest BCUT2D eigenvalue weighted by molar-refractivity contribution is 0.0512. The lowest BCUT2D eigenvalue weighted by Crippen LogP contribution is -2.00. The van der Waals surface area contributed by atoms with Gasteiger partial charge in [0, 0.05) is 7.11 Å². The average molecular weight is 248 g/mol. The number of rotatable bonds is 4. The molecule has 0 aliphatic carbocycles. The van der Waals surface area contributed by atoms with Crippen molar-refractivity contribution < 1.29 is 13.9 Å². The number of halogens is 1. The second-order valence-corrected chi connectivity index (χ2v) is 4.27. The van der Waals surface area contributed by atoms with E-state index in [4.69, 9.17) is 9.47 Å². The molecule has 18 heavy (non-hydrogen) atoms. The normalized spacial score (nSPS) is 10.9. The van der Waals surface area contributed by atoms with E-state index in [9.17, 15) is 4.39 Å². The summed E-state index contributed by atoms with van der Waals surface area (Å²) < 4.78 is 24.1. The number of hydrogen-bond donors (Lipinski definition) is 0. The molecule has 0 spiro atoms. The highest BCUT2D eigenvalue weighted by Crippen LogP contribution is 2.29. The lowest BCUT2D eigenvalue weighted by atomic mass is 9.97. The summed E-state index contributed by atoms with van der Waals surface area (Å²) in [4.78, 5) is 0. The molecule has 0 heterocycles. The molecule has 0 aromatic heterocycles. The predicted octanol–water partition coefficient (Wildman–Crippen LogP) is 3.83. The highest BCUT2D eigenvalue weighted by atomic mass is 19.1. The minimum absolute atomic E-state index is 0.140. The minimum Gasteiger partial charge on any atom is -0.468 e. The average Bonchev–Trinajstić information content (AvgIpc) is 2.37. The van der Waals surface area contributed by atoms with Gasteiger partial charge < -0.3 is 9.47 Å². The number of methoxy groups -OCH3 is 1. The van der Waals surface area contributed by atoms with Crippen LogP contribution in [-0.2, 0) is 11.2 Å². The standard InChI is InChI=1S/C15H17FO2/c1-4-13-14(16)6-5-11-8-12(18-9-17-3)7-10(2)15(11)13/h5-8H,4,9H2,1-3H3. The molecule has 2 aromatic carbocycles. The first kappa shape index (κ1) is 12.8. The van der Waals surface area contributed by atoms with Gasteiger partial charge in [-0.05, 0) is 53.4 Å². The summed E-state index contributed by atoms with van der Waals surface area (Å²) in [7, 11) is 1.58. The van der Waals surface area contributed by atoms with Gasteiger partial charge in [0.1, 0.15) is 11.6 Å². The summed E-state index contributed by atoms with van der Waals surface area (Å²) in [5.74, 6) is 0.606. The van der Waals surface area contributed by atoms with Crippen molar-refractivity contribution in [2.45, 2.75) is 20.3 Å². The zero-order chi connectivity index (χ0) is 13.1. The van der Waals surface area contributed by atoms with Crippen molar-refractivity contribution in [2.75, 3.05) is 13.9 Å². The Balaban J connectivity index is 2.58. The summed E-state index contributed by atoms with van der Waals surface area (Å²) >= 11 is 0. The Labute approximate surface area is 106 Å². The maximum atomic E-state index is 13.8. The van der Waals surface area contributed by atoms with Gasteiger partial charge in [-0.25, -0.2) is 4.39 Å². The Morgan fingerprint density at radius 2 is 2.00 bits per heavy atom. The lowest BCUT2D eigenvalue weighted by Gasteiger charge is -2.12. The maximum absolute atomic E-state index is 13.8. The highest BCUT2D eigenvalue weighted by Gasteiger charge is 2.09. The van der Waals surface area contributed by atoms with Crippen LogP contribution in [0.3, 0.4) is 0 Å². The van der Waals surface area contributed by atoms with Crippen LogP contribution in [0.15, 0.2) is 24.3 Å². The molecule has 2 rings (SSSR count). The van der Waals surface area contributed by atoms with Gasteiger partial charge in [-0.3, -0.25) is 0 Å². The molecule has 3 heteroatoms. The maximum Gasteiger partial charge on any atom is 0.188 e. The van der Waals surface area contributed by atoms with Crippen LogP contribution in [0.4, 0.5) is 4.39 Å². The largest absolute Gasteiger partial charge is 0.468 e. The fourth-order valence-corrected chi connectivity index (χ4v) is 2.26. The van der Waals surface area contributed by atoms with E-state index in [0.29, 0.717) is 6.42 Å². The second kappa shape index (κ2) is 5.36. The smallest absolute Gasteiger partial charge is 0.188 e. The van der Waals surface area contributed by atoms with Crippen molar-refractivity contribution in [3.05, 3.63) is 41.2 Å². The van der Waals surface area contributed by atoms with E-state index >= 15 is 0 Å². The molecule has 0 fully saturated rings. The van der Waals surface area contributed by atoms with Crippen molar-refractivity contribution in [2.24, 2.45) is 0 Å². The third-order valence-corrected chi connectivity index (χ3v) is 3.04. The molecular weight excluding hydrogens is 231 g/mol. The molecule has 2 aromatic rings. The molecule has 0 aliphatic heterocycles. The quantitative estimate of drug-likeness (QED) is 0.765. The van der Waals surface area contributed by atoms with E-state index in [0.717, 1.165) is 27.6 Å². The topological polar surface area (TPSA) is 18.5 Å².